The van der Waals surface area contributed by atoms with Gasteiger partial charge in [0.2, 0.25) is 0 Å². The average molecular weight is 204 g/mol. The molecule has 15 heavy (non-hydrogen) atoms. The van der Waals surface area contributed by atoms with Crippen molar-refractivity contribution < 1.29 is 4.42 Å². The van der Waals surface area contributed by atoms with Gasteiger partial charge in [-0.15, -0.1) is 0 Å². The maximum Gasteiger partial charge on any atom is 0.292 e. The van der Waals surface area contributed by atoms with Crippen molar-refractivity contribution in [2.24, 2.45) is 0 Å². The summed E-state index contributed by atoms with van der Waals surface area (Å²) in [6.07, 6.45) is 7.11. The first kappa shape index (κ1) is 8.52. The molecule has 2 N–H and O–H groups in total. The van der Waals surface area contributed by atoms with Crippen LogP contribution in [-0.4, -0.2) is 14.5 Å². The molecule has 1 aliphatic heterocycles. The lowest BCUT2D eigenvalue weighted by Gasteiger charge is -2.11. The van der Waals surface area contributed by atoms with Gasteiger partial charge >= 0.3 is 0 Å². The molecule has 1 aliphatic rings. The molecule has 5 nitrogen and oxygen atoms in total. The number of nitrogen functional groups attached to an aromatic ring is 1. The summed E-state index contributed by atoms with van der Waals surface area (Å²) in [5, 5.41) is 0. The second-order valence-corrected chi connectivity index (χ2v) is 3.76. The van der Waals surface area contributed by atoms with Gasteiger partial charge in [0.15, 0.2) is 5.76 Å². The van der Waals surface area contributed by atoms with Crippen LogP contribution in [0.25, 0.3) is 11.5 Å². The number of hydrogen-bond donors (Lipinski definition) is 1. The lowest BCUT2D eigenvalue weighted by atomic mass is 10.2. The van der Waals surface area contributed by atoms with Crippen LogP contribution >= 0.6 is 0 Å². The molecule has 0 atom stereocenters. The number of imidazole rings is 1. The van der Waals surface area contributed by atoms with Crippen molar-refractivity contribution in [1.29, 1.82) is 0 Å². The Morgan fingerprint density at radius 2 is 2.33 bits per heavy atom. The van der Waals surface area contributed by atoms with Crippen LogP contribution < -0.4 is 5.73 Å². The Bertz CT molecular complexity index is 462. The molecular weight excluding hydrogens is 192 g/mol. The topological polar surface area (TPSA) is 69.9 Å². The summed E-state index contributed by atoms with van der Waals surface area (Å²) in [7, 11) is 0. The SMILES string of the molecule is Nc1ncc(-c2cn3c(n2)CCCC3)o1. The van der Waals surface area contributed by atoms with Crippen molar-refractivity contribution in [3.8, 4) is 11.5 Å². The summed E-state index contributed by atoms with van der Waals surface area (Å²) in [4.78, 5) is 8.37. The van der Waals surface area contributed by atoms with E-state index in [2.05, 4.69) is 14.5 Å². The van der Waals surface area contributed by atoms with E-state index in [4.69, 9.17) is 10.2 Å². The third-order valence-electron chi connectivity index (χ3n) is 2.68. The monoisotopic (exact) mass is 204 g/mol. The fourth-order valence-electron chi connectivity index (χ4n) is 1.94. The number of anilines is 1. The number of hydrogen-bond acceptors (Lipinski definition) is 4. The van der Waals surface area contributed by atoms with Crippen LogP contribution in [0.2, 0.25) is 0 Å². The zero-order valence-corrected chi connectivity index (χ0v) is 8.31. The molecule has 0 saturated heterocycles. The number of aromatic nitrogens is 3. The van der Waals surface area contributed by atoms with Crippen LogP contribution in [0.1, 0.15) is 18.7 Å². The average Bonchev–Trinajstić information content (AvgIpc) is 2.82. The molecule has 0 aromatic carbocycles. The first-order chi connectivity index (χ1) is 7.33. The van der Waals surface area contributed by atoms with E-state index in [1.807, 2.05) is 6.20 Å². The second-order valence-electron chi connectivity index (χ2n) is 3.76. The van der Waals surface area contributed by atoms with Gasteiger partial charge in [0.1, 0.15) is 11.5 Å². The third kappa shape index (κ3) is 1.40. The van der Waals surface area contributed by atoms with E-state index in [0.717, 1.165) is 24.5 Å². The maximum absolute atomic E-state index is 5.43. The minimum absolute atomic E-state index is 0.191. The Labute approximate surface area is 86.9 Å². The van der Waals surface area contributed by atoms with Crippen molar-refractivity contribution in [3.63, 3.8) is 0 Å². The summed E-state index contributed by atoms with van der Waals surface area (Å²) >= 11 is 0. The lowest BCUT2D eigenvalue weighted by Crippen LogP contribution is -2.08. The molecule has 0 aliphatic carbocycles. The van der Waals surface area contributed by atoms with Gasteiger partial charge < -0.3 is 14.7 Å². The summed E-state index contributed by atoms with van der Waals surface area (Å²) in [6, 6.07) is 0.191. The first-order valence-electron chi connectivity index (χ1n) is 5.10. The Morgan fingerprint density at radius 1 is 1.40 bits per heavy atom. The van der Waals surface area contributed by atoms with Crippen molar-refractivity contribution >= 4 is 6.01 Å². The first-order valence-corrected chi connectivity index (χ1v) is 5.10. The van der Waals surface area contributed by atoms with E-state index >= 15 is 0 Å². The van der Waals surface area contributed by atoms with Gasteiger partial charge in [-0.1, -0.05) is 0 Å². The highest BCUT2D eigenvalue weighted by atomic mass is 16.4. The van der Waals surface area contributed by atoms with Gasteiger partial charge in [-0.3, -0.25) is 0 Å². The van der Waals surface area contributed by atoms with Crippen LogP contribution in [0.5, 0.6) is 0 Å². The minimum Gasteiger partial charge on any atom is -0.422 e. The number of fused-ring (bicyclic) bond motifs is 1. The van der Waals surface area contributed by atoms with Crippen LogP contribution in [0.3, 0.4) is 0 Å². The summed E-state index contributed by atoms with van der Waals surface area (Å²) in [6.45, 7) is 1.05. The number of aryl methyl sites for hydroxylation is 2. The van der Waals surface area contributed by atoms with Crippen LogP contribution in [0.15, 0.2) is 16.8 Å². The van der Waals surface area contributed by atoms with Crippen LogP contribution in [0.4, 0.5) is 6.01 Å². The number of nitrogens with zero attached hydrogens (tertiary/aromatic N) is 3. The molecule has 0 saturated carbocycles. The molecule has 5 heteroatoms. The molecule has 0 unspecified atom stereocenters. The van der Waals surface area contributed by atoms with Gasteiger partial charge in [0.05, 0.1) is 6.20 Å². The predicted molar refractivity (Wildman–Crippen MR) is 55.1 cm³/mol. The second kappa shape index (κ2) is 3.12. The molecule has 78 valence electrons. The highest BCUT2D eigenvalue weighted by molar-refractivity contribution is 5.51. The highest BCUT2D eigenvalue weighted by Gasteiger charge is 2.15. The molecule has 2 aromatic heterocycles. The van der Waals surface area contributed by atoms with E-state index in [1.165, 1.54) is 12.8 Å². The maximum atomic E-state index is 5.43. The zero-order chi connectivity index (χ0) is 10.3. The molecule has 0 fully saturated rings. The van der Waals surface area contributed by atoms with Gasteiger partial charge in [0, 0.05) is 19.2 Å². The summed E-state index contributed by atoms with van der Waals surface area (Å²) in [5.74, 6) is 1.78. The molecule has 3 rings (SSSR count). The Hall–Kier alpha value is -1.78. The number of rotatable bonds is 1. The van der Waals surface area contributed by atoms with E-state index < -0.39 is 0 Å². The Balaban J connectivity index is 2.02. The third-order valence-corrected chi connectivity index (χ3v) is 2.68. The quantitative estimate of drug-likeness (QED) is 0.763. The van der Waals surface area contributed by atoms with E-state index in [1.54, 1.807) is 6.20 Å². The van der Waals surface area contributed by atoms with Gasteiger partial charge in [-0.05, 0) is 12.8 Å². The van der Waals surface area contributed by atoms with Crippen molar-refractivity contribution in [3.05, 3.63) is 18.2 Å². The molecular formula is C10H12N4O. The van der Waals surface area contributed by atoms with E-state index in [0.29, 0.717) is 5.76 Å². The van der Waals surface area contributed by atoms with Crippen molar-refractivity contribution in [2.45, 2.75) is 25.8 Å². The lowest BCUT2D eigenvalue weighted by molar-refractivity contribution is 0.522. The number of oxazole rings is 1. The Kier molecular flexibility index (Phi) is 1.77. The fraction of sp³-hybridized carbons (Fsp3) is 0.400. The zero-order valence-electron chi connectivity index (χ0n) is 8.31. The molecule has 3 heterocycles. The highest BCUT2D eigenvalue weighted by Crippen LogP contribution is 2.23. The standard InChI is InChI=1S/C10H12N4O/c11-10-12-5-8(15-10)7-6-14-4-2-1-3-9(14)13-7/h5-6H,1-4H2,(H2,11,12). The molecule has 0 radical (unpaired) electrons. The van der Waals surface area contributed by atoms with Gasteiger partial charge in [-0.25, -0.2) is 9.97 Å². The Morgan fingerprint density at radius 3 is 3.07 bits per heavy atom. The summed E-state index contributed by atoms with van der Waals surface area (Å²) < 4.78 is 7.42. The smallest absolute Gasteiger partial charge is 0.292 e. The molecule has 0 spiro atoms. The largest absolute Gasteiger partial charge is 0.422 e. The van der Waals surface area contributed by atoms with Crippen LogP contribution in [-0.2, 0) is 13.0 Å². The van der Waals surface area contributed by atoms with Crippen LogP contribution in [0, 0.1) is 0 Å². The van der Waals surface area contributed by atoms with E-state index in [-0.39, 0.29) is 6.01 Å². The van der Waals surface area contributed by atoms with Gasteiger partial charge in [-0.2, -0.15) is 0 Å². The van der Waals surface area contributed by atoms with E-state index in [9.17, 15) is 0 Å². The minimum atomic E-state index is 0.191. The molecule has 0 bridgehead atoms. The molecule has 0 amide bonds. The summed E-state index contributed by atoms with van der Waals surface area (Å²) in [5.41, 5.74) is 6.26. The predicted octanol–water partition coefficient (Wildman–Crippen LogP) is 1.46. The van der Waals surface area contributed by atoms with Crippen molar-refractivity contribution in [2.75, 3.05) is 5.73 Å². The molecule has 2 aromatic rings. The normalized spacial score (nSPS) is 15.2. The van der Waals surface area contributed by atoms with Gasteiger partial charge in [0.25, 0.3) is 6.01 Å². The number of nitrogens with two attached hydrogens (primary N) is 1. The van der Waals surface area contributed by atoms with Crippen molar-refractivity contribution in [1.82, 2.24) is 14.5 Å². The fourth-order valence-corrected chi connectivity index (χ4v) is 1.94.